The fourth-order valence-corrected chi connectivity index (χ4v) is 6.41. The van der Waals surface area contributed by atoms with Crippen LogP contribution in [-0.4, -0.2) is 73.9 Å². The largest absolute Gasteiger partial charge is 0.493 e. The van der Waals surface area contributed by atoms with Crippen molar-refractivity contribution in [1.82, 2.24) is 14.9 Å². The van der Waals surface area contributed by atoms with Crippen molar-refractivity contribution in [3.63, 3.8) is 0 Å². The Labute approximate surface area is 186 Å². The van der Waals surface area contributed by atoms with Crippen LogP contribution in [0.25, 0.3) is 10.9 Å². The van der Waals surface area contributed by atoms with Crippen molar-refractivity contribution in [2.24, 2.45) is 23.7 Å². The molecule has 1 amide bonds. The normalized spacial score (nSPS) is 30.9. The number of hydrogen-bond acceptors (Lipinski definition) is 8. The van der Waals surface area contributed by atoms with Gasteiger partial charge >= 0.3 is 0 Å². The van der Waals surface area contributed by atoms with E-state index in [0.29, 0.717) is 84.7 Å². The molecule has 3 heterocycles. The van der Waals surface area contributed by atoms with Crippen molar-refractivity contribution < 1.29 is 19.0 Å². The van der Waals surface area contributed by atoms with Gasteiger partial charge in [-0.1, -0.05) is 0 Å². The molecular weight excluding hydrogens is 410 g/mol. The average Bonchev–Trinajstić information content (AvgIpc) is 3.46. The Balaban J connectivity index is 1.18. The molecule has 1 aromatic heterocycles. The molecule has 32 heavy (non-hydrogen) atoms. The summed E-state index contributed by atoms with van der Waals surface area (Å²) in [7, 11) is 3.18. The van der Waals surface area contributed by atoms with Crippen LogP contribution >= 0.6 is 0 Å². The molecule has 5 atom stereocenters. The maximum atomic E-state index is 13.4. The highest BCUT2D eigenvalue weighted by Crippen LogP contribution is 2.57. The van der Waals surface area contributed by atoms with Crippen molar-refractivity contribution in [3.05, 3.63) is 12.1 Å². The summed E-state index contributed by atoms with van der Waals surface area (Å²) in [6.07, 6.45) is 2.65. The highest BCUT2D eigenvalue weighted by molar-refractivity contribution is 5.91. The van der Waals surface area contributed by atoms with Crippen molar-refractivity contribution in [2.45, 2.75) is 18.9 Å². The number of carbonyl (C=O) groups is 1. The number of benzene rings is 1. The van der Waals surface area contributed by atoms with Crippen LogP contribution in [0.2, 0.25) is 0 Å². The molecule has 2 N–H and O–H groups in total. The van der Waals surface area contributed by atoms with Gasteiger partial charge in [0, 0.05) is 43.5 Å². The smallest absolute Gasteiger partial charge is 0.228 e. The van der Waals surface area contributed by atoms with E-state index in [1.54, 1.807) is 20.3 Å². The van der Waals surface area contributed by atoms with Gasteiger partial charge in [-0.05, 0) is 36.7 Å². The second-order valence-corrected chi connectivity index (χ2v) is 9.40. The summed E-state index contributed by atoms with van der Waals surface area (Å²) in [6, 6.07) is 3.62. The lowest BCUT2D eigenvalue weighted by Gasteiger charge is -2.38. The Kier molecular flexibility index (Phi) is 4.57. The lowest BCUT2D eigenvalue weighted by atomic mass is 9.79. The maximum Gasteiger partial charge on any atom is 0.228 e. The molecule has 5 unspecified atom stereocenters. The van der Waals surface area contributed by atoms with E-state index in [0.717, 1.165) is 18.4 Å². The third kappa shape index (κ3) is 2.90. The summed E-state index contributed by atoms with van der Waals surface area (Å²) in [5, 5.41) is 0.730. The highest BCUT2D eigenvalue weighted by Gasteiger charge is 2.59. The first-order valence-corrected chi connectivity index (χ1v) is 11.4. The molecule has 9 nitrogen and oxygen atoms in total. The fourth-order valence-electron chi connectivity index (χ4n) is 6.41. The van der Waals surface area contributed by atoms with Gasteiger partial charge in [0.05, 0.1) is 32.4 Å². The molecule has 2 aromatic rings. The summed E-state index contributed by atoms with van der Waals surface area (Å²) in [5.41, 5.74) is 6.97. The number of carbonyl (C=O) groups excluding carboxylic acids is 1. The summed E-state index contributed by atoms with van der Waals surface area (Å²) in [4.78, 5) is 26.8. The van der Waals surface area contributed by atoms with E-state index in [2.05, 4.69) is 9.88 Å². The number of aromatic nitrogens is 2. The monoisotopic (exact) mass is 439 g/mol. The van der Waals surface area contributed by atoms with Gasteiger partial charge < -0.3 is 29.7 Å². The van der Waals surface area contributed by atoms with E-state index in [1.165, 1.54) is 6.42 Å². The highest BCUT2D eigenvalue weighted by atomic mass is 16.5. The lowest BCUT2D eigenvalue weighted by molar-refractivity contribution is -0.138. The molecule has 0 radical (unpaired) electrons. The zero-order valence-corrected chi connectivity index (χ0v) is 18.5. The van der Waals surface area contributed by atoms with Crippen LogP contribution in [0, 0.1) is 23.7 Å². The minimum Gasteiger partial charge on any atom is -0.493 e. The van der Waals surface area contributed by atoms with Gasteiger partial charge in [-0.15, -0.1) is 0 Å². The van der Waals surface area contributed by atoms with Gasteiger partial charge in [0.1, 0.15) is 5.82 Å². The predicted molar refractivity (Wildman–Crippen MR) is 119 cm³/mol. The molecule has 2 aliphatic heterocycles. The van der Waals surface area contributed by atoms with E-state index in [-0.39, 0.29) is 5.92 Å². The van der Waals surface area contributed by atoms with Gasteiger partial charge in [-0.2, -0.15) is 4.98 Å². The minimum atomic E-state index is 0.153. The molecule has 2 saturated carbocycles. The number of nitrogen functional groups attached to an aromatic ring is 1. The van der Waals surface area contributed by atoms with E-state index < -0.39 is 0 Å². The van der Waals surface area contributed by atoms with Crippen LogP contribution in [0.4, 0.5) is 11.8 Å². The van der Waals surface area contributed by atoms with Gasteiger partial charge in [0.15, 0.2) is 11.5 Å². The van der Waals surface area contributed by atoms with Crippen LogP contribution in [0.1, 0.15) is 12.8 Å². The van der Waals surface area contributed by atoms with Gasteiger partial charge in [0.2, 0.25) is 11.9 Å². The zero-order valence-electron chi connectivity index (χ0n) is 18.5. The molecule has 2 aliphatic carbocycles. The Morgan fingerprint density at radius 1 is 1.06 bits per heavy atom. The third-order valence-electron chi connectivity index (χ3n) is 7.99. The Hall–Kier alpha value is -2.81. The SMILES string of the molecule is COc1cc2nc(N3CCN(C(=O)C4C5CC6OCC4C6C5)CC3)nc(N)c2cc1OC. The number of amides is 1. The molecule has 170 valence electrons. The van der Waals surface area contributed by atoms with Gasteiger partial charge in [0.25, 0.3) is 0 Å². The molecule has 6 rings (SSSR count). The van der Waals surface area contributed by atoms with Crippen LogP contribution in [0.15, 0.2) is 12.1 Å². The first-order chi connectivity index (χ1) is 15.6. The zero-order chi connectivity index (χ0) is 22.0. The number of hydrogen-bond donors (Lipinski definition) is 1. The Bertz CT molecular complexity index is 1070. The molecule has 9 heteroatoms. The molecule has 1 aromatic carbocycles. The first kappa shape index (κ1) is 19.8. The van der Waals surface area contributed by atoms with Crippen LogP contribution in [0.5, 0.6) is 11.5 Å². The third-order valence-corrected chi connectivity index (χ3v) is 7.99. The number of nitrogens with zero attached hydrogens (tertiary/aromatic N) is 4. The summed E-state index contributed by atoms with van der Waals surface area (Å²) < 4.78 is 16.7. The van der Waals surface area contributed by atoms with E-state index in [1.807, 2.05) is 11.0 Å². The maximum absolute atomic E-state index is 13.4. The van der Waals surface area contributed by atoms with E-state index in [9.17, 15) is 4.79 Å². The summed E-state index contributed by atoms with van der Waals surface area (Å²) >= 11 is 0. The number of nitrogens with two attached hydrogens (primary N) is 1. The second kappa shape index (κ2) is 7.37. The molecular formula is C23H29N5O4. The van der Waals surface area contributed by atoms with E-state index >= 15 is 0 Å². The molecule has 4 aliphatic rings. The van der Waals surface area contributed by atoms with Crippen molar-refractivity contribution >= 4 is 28.6 Å². The molecule has 4 fully saturated rings. The van der Waals surface area contributed by atoms with Crippen LogP contribution in [-0.2, 0) is 9.53 Å². The second-order valence-electron chi connectivity index (χ2n) is 9.40. The molecule has 0 spiro atoms. The van der Waals surface area contributed by atoms with Crippen molar-refractivity contribution in [3.8, 4) is 11.5 Å². The standard InChI is InChI=1S/C23H29N5O4/c1-30-18-9-14-16(10-19(18)31-2)25-23(26-21(14)24)28-5-3-27(4-6-28)22(29)20-12-7-13-15(20)11-32-17(13)8-12/h9-10,12-13,15,17,20H,3-8,11H2,1-2H3,(H2,24,25,26). The first-order valence-electron chi connectivity index (χ1n) is 11.4. The van der Waals surface area contributed by atoms with Crippen LogP contribution in [0.3, 0.4) is 0 Å². The van der Waals surface area contributed by atoms with Gasteiger partial charge in [-0.3, -0.25) is 4.79 Å². The quantitative estimate of drug-likeness (QED) is 0.766. The van der Waals surface area contributed by atoms with Crippen LogP contribution < -0.4 is 20.1 Å². The number of piperazine rings is 1. The predicted octanol–water partition coefficient (Wildman–Crippen LogP) is 1.55. The molecule has 2 bridgehead atoms. The number of anilines is 2. The van der Waals surface area contributed by atoms with Crippen molar-refractivity contribution in [2.75, 3.05) is 57.6 Å². The number of methoxy groups -OCH3 is 2. The number of ether oxygens (including phenoxy) is 3. The Morgan fingerprint density at radius 2 is 1.81 bits per heavy atom. The molecule has 2 saturated heterocycles. The number of fused-ring (bicyclic) bond motifs is 2. The fraction of sp³-hybridized carbons (Fsp3) is 0.609. The lowest BCUT2D eigenvalue weighted by Crippen LogP contribution is -2.52. The Morgan fingerprint density at radius 3 is 2.56 bits per heavy atom. The minimum absolute atomic E-state index is 0.153. The summed E-state index contributed by atoms with van der Waals surface area (Å²) in [5.74, 6) is 4.21. The van der Waals surface area contributed by atoms with Gasteiger partial charge in [-0.25, -0.2) is 4.98 Å². The number of rotatable bonds is 4. The topological polar surface area (TPSA) is 103 Å². The van der Waals surface area contributed by atoms with Crippen molar-refractivity contribution in [1.29, 1.82) is 0 Å². The summed E-state index contributed by atoms with van der Waals surface area (Å²) in [6.45, 7) is 3.50. The average molecular weight is 440 g/mol. The van der Waals surface area contributed by atoms with E-state index in [4.69, 9.17) is 24.9 Å².